The van der Waals surface area contributed by atoms with Gasteiger partial charge in [-0.15, -0.1) is 11.3 Å². The molecule has 4 nitrogen and oxygen atoms in total. The van der Waals surface area contributed by atoms with Crippen molar-refractivity contribution in [3.63, 3.8) is 0 Å². The minimum atomic E-state index is 0.611. The van der Waals surface area contributed by atoms with E-state index in [0.717, 1.165) is 44.2 Å². The van der Waals surface area contributed by atoms with Crippen LogP contribution in [0.4, 0.5) is 0 Å². The van der Waals surface area contributed by atoms with Crippen molar-refractivity contribution in [1.29, 1.82) is 0 Å². The molecule has 13 rings (SSSR count). The Labute approximate surface area is 360 Å². The third-order valence-electron chi connectivity index (χ3n) is 12.3. The van der Waals surface area contributed by atoms with Crippen LogP contribution < -0.4 is 0 Å². The third-order valence-corrected chi connectivity index (χ3v) is 13.4. The van der Waals surface area contributed by atoms with Crippen molar-refractivity contribution in [3.05, 3.63) is 200 Å². The first-order chi connectivity index (χ1) is 30.7. The van der Waals surface area contributed by atoms with Crippen LogP contribution in [0.25, 0.3) is 131 Å². The van der Waals surface area contributed by atoms with E-state index in [1.165, 1.54) is 69.2 Å². The maximum absolute atomic E-state index is 6.15. The fourth-order valence-corrected chi connectivity index (χ4v) is 10.5. The third kappa shape index (κ3) is 5.56. The highest BCUT2D eigenvalue weighted by molar-refractivity contribution is 7.26. The van der Waals surface area contributed by atoms with Crippen LogP contribution in [-0.4, -0.2) is 15.0 Å². The molecule has 13 aromatic rings. The van der Waals surface area contributed by atoms with Crippen molar-refractivity contribution in [2.75, 3.05) is 0 Å². The lowest BCUT2D eigenvalue weighted by molar-refractivity contribution is 0.669. The topological polar surface area (TPSA) is 51.8 Å². The molecule has 0 spiro atoms. The van der Waals surface area contributed by atoms with E-state index in [1.54, 1.807) is 0 Å². The molecule has 0 saturated carbocycles. The Morgan fingerprint density at radius 1 is 0.290 bits per heavy atom. The van der Waals surface area contributed by atoms with Crippen molar-refractivity contribution < 1.29 is 4.42 Å². The molecule has 0 radical (unpaired) electrons. The largest absolute Gasteiger partial charge is 0.456 e. The summed E-state index contributed by atoms with van der Waals surface area (Å²) < 4.78 is 8.68. The molecule has 3 heterocycles. The van der Waals surface area contributed by atoms with Gasteiger partial charge in [-0.3, -0.25) is 0 Å². The van der Waals surface area contributed by atoms with Crippen LogP contribution in [0, 0.1) is 0 Å². The zero-order valence-electron chi connectivity index (χ0n) is 33.2. The number of hydrogen-bond donors (Lipinski definition) is 0. The van der Waals surface area contributed by atoms with Crippen molar-refractivity contribution in [3.8, 4) is 56.4 Å². The van der Waals surface area contributed by atoms with E-state index in [9.17, 15) is 0 Å². The molecule has 0 amide bonds. The maximum Gasteiger partial charge on any atom is 0.164 e. The molecule has 0 aliphatic carbocycles. The van der Waals surface area contributed by atoms with Crippen molar-refractivity contribution in [1.82, 2.24) is 15.0 Å². The molecule has 288 valence electrons. The number of furan rings is 1. The minimum absolute atomic E-state index is 0.611. The fourth-order valence-electron chi connectivity index (χ4n) is 9.38. The number of thiophene rings is 1. The van der Waals surface area contributed by atoms with Crippen LogP contribution in [0.3, 0.4) is 0 Å². The molecule has 0 aliphatic heterocycles. The molecule has 0 fully saturated rings. The van der Waals surface area contributed by atoms with Crippen LogP contribution in [0.5, 0.6) is 0 Å². The highest BCUT2D eigenvalue weighted by Crippen LogP contribution is 2.43. The van der Waals surface area contributed by atoms with Gasteiger partial charge in [-0.2, -0.15) is 0 Å². The second kappa shape index (κ2) is 13.8. The molecule has 0 saturated heterocycles. The van der Waals surface area contributed by atoms with Crippen LogP contribution >= 0.6 is 11.3 Å². The SMILES string of the molecule is c1ccc(-c2nc(-c3cccc(-c4cccc5sc6ccc(-c7ccc8c9ccccc9c9ccccc9c8c7)cc6c45)c3)nc(-c3ccc4oc5ccccc5c4c3)n2)cc1. The Morgan fingerprint density at radius 2 is 0.806 bits per heavy atom. The summed E-state index contributed by atoms with van der Waals surface area (Å²) in [7, 11) is 0. The summed E-state index contributed by atoms with van der Waals surface area (Å²) in [5, 5.41) is 12.3. The quantitative estimate of drug-likeness (QED) is 0.163. The number of aromatic nitrogens is 3. The summed E-state index contributed by atoms with van der Waals surface area (Å²) in [6.07, 6.45) is 0. The second-order valence-corrected chi connectivity index (χ2v) is 17.0. The first kappa shape index (κ1) is 34.8. The molecule has 3 aromatic heterocycles. The van der Waals surface area contributed by atoms with Gasteiger partial charge in [0.25, 0.3) is 0 Å². The summed E-state index contributed by atoms with van der Waals surface area (Å²) in [5.41, 5.74) is 9.15. The average molecular weight is 808 g/mol. The van der Waals surface area contributed by atoms with E-state index in [0.29, 0.717) is 17.5 Å². The summed E-state index contributed by atoms with van der Waals surface area (Å²) in [6, 6.07) is 71.2. The number of para-hydroxylation sites is 1. The Balaban J connectivity index is 0.946. The summed E-state index contributed by atoms with van der Waals surface area (Å²) in [5.74, 6) is 1.86. The molecule has 0 N–H and O–H groups in total. The average Bonchev–Trinajstić information content (AvgIpc) is 3.92. The number of nitrogens with zero attached hydrogens (tertiary/aromatic N) is 3. The monoisotopic (exact) mass is 807 g/mol. The zero-order valence-corrected chi connectivity index (χ0v) is 34.0. The van der Waals surface area contributed by atoms with Crippen LogP contribution in [-0.2, 0) is 0 Å². The van der Waals surface area contributed by atoms with E-state index in [2.05, 4.69) is 140 Å². The molecule has 0 aliphatic rings. The van der Waals surface area contributed by atoms with Gasteiger partial charge in [0.1, 0.15) is 11.2 Å². The van der Waals surface area contributed by atoms with E-state index in [-0.39, 0.29) is 0 Å². The van der Waals surface area contributed by atoms with E-state index < -0.39 is 0 Å². The van der Waals surface area contributed by atoms with Gasteiger partial charge in [0.15, 0.2) is 17.5 Å². The predicted molar refractivity (Wildman–Crippen MR) is 260 cm³/mol. The number of hydrogen-bond acceptors (Lipinski definition) is 5. The molecule has 10 aromatic carbocycles. The molecular weight excluding hydrogens is 775 g/mol. The lowest BCUT2D eigenvalue weighted by Crippen LogP contribution is -2.00. The Hall–Kier alpha value is -7.99. The summed E-state index contributed by atoms with van der Waals surface area (Å²) >= 11 is 1.84. The van der Waals surface area contributed by atoms with Gasteiger partial charge >= 0.3 is 0 Å². The highest BCUT2D eigenvalue weighted by atomic mass is 32.1. The van der Waals surface area contributed by atoms with Gasteiger partial charge in [0.2, 0.25) is 0 Å². The second-order valence-electron chi connectivity index (χ2n) is 15.9. The maximum atomic E-state index is 6.15. The van der Waals surface area contributed by atoms with Crippen molar-refractivity contribution in [2.24, 2.45) is 0 Å². The minimum Gasteiger partial charge on any atom is -0.456 e. The molecule has 0 atom stereocenters. The number of rotatable bonds is 5. The van der Waals surface area contributed by atoms with Gasteiger partial charge in [-0.05, 0) is 109 Å². The lowest BCUT2D eigenvalue weighted by atomic mass is 9.91. The smallest absolute Gasteiger partial charge is 0.164 e. The first-order valence-electron chi connectivity index (χ1n) is 20.8. The first-order valence-corrected chi connectivity index (χ1v) is 21.6. The van der Waals surface area contributed by atoms with Gasteiger partial charge in [0.05, 0.1) is 0 Å². The summed E-state index contributed by atoms with van der Waals surface area (Å²) in [6.45, 7) is 0. The normalized spacial score (nSPS) is 11.9. The number of fused-ring (bicyclic) bond motifs is 12. The van der Waals surface area contributed by atoms with Gasteiger partial charge in [-0.1, -0.05) is 146 Å². The molecule has 62 heavy (non-hydrogen) atoms. The van der Waals surface area contributed by atoms with Gasteiger partial charge in [0, 0.05) is 47.6 Å². The Bertz CT molecular complexity index is 3910. The highest BCUT2D eigenvalue weighted by Gasteiger charge is 2.18. The van der Waals surface area contributed by atoms with E-state index in [4.69, 9.17) is 19.4 Å². The van der Waals surface area contributed by atoms with Crippen LogP contribution in [0.15, 0.2) is 205 Å². The van der Waals surface area contributed by atoms with Crippen LogP contribution in [0.1, 0.15) is 0 Å². The molecule has 0 unspecified atom stereocenters. The molecule has 0 bridgehead atoms. The van der Waals surface area contributed by atoms with E-state index >= 15 is 0 Å². The van der Waals surface area contributed by atoms with E-state index in [1.807, 2.05) is 72.0 Å². The van der Waals surface area contributed by atoms with Crippen molar-refractivity contribution >= 4 is 85.8 Å². The molecule has 5 heteroatoms. The van der Waals surface area contributed by atoms with Crippen LogP contribution in [0.2, 0.25) is 0 Å². The number of benzene rings is 10. The standard InChI is InChI=1S/C57H33N3OS/c1-2-12-34(13-3-1)55-58-56(60-57(59-55)39-25-28-51-48(33-39)46-20-8-9-22-50(46)61-51)38-15-10-14-37(30-38)40-21-11-23-53-54(40)49-32-36(26-29-52(49)62-53)35-24-27-45-43-18-5-4-16-41(43)42-17-6-7-19-44(42)47(45)31-35/h1-33H. The predicted octanol–water partition coefficient (Wildman–Crippen LogP) is 15.9. The van der Waals surface area contributed by atoms with Crippen molar-refractivity contribution in [2.45, 2.75) is 0 Å². The lowest BCUT2D eigenvalue weighted by Gasteiger charge is -2.12. The summed E-state index contributed by atoms with van der Waals surface area (Å²) in [4.78, 5) is 15.3. The fraction of sp³-hybridized carbons (Fsp3) is 0. The Morgan fingerprint density at radius 3 is 1.56 bits per heavy atom. The molecular formula is C57H33N3OS. The zero-order chi connectivity index (χ0) is 40.7. The Kier molecular flexibility index (Phi) is 7.74. The van der Waals surface area contributed by atoms with Gasteiger partial charge < -0.3 is 4.42 Å². The van der Waals surface area contributed by atoms with Gasteiger partial charge in [-0.25, -0.2) is 15.0 Å².